The Labute approximate surface area is 110 Å². The first-order chi connectivity index (χ1) is 9.02. The molecule has 2 aromatic rings. The molecule has 0 heterocycles. The van der Waals surface area contributed by atoms with E-state index in [1.54, 1.807) is 12.1 Å². The SMILES string of the molecule is Nc1cc(N)c(CCO)c(-c2cc(O)ccc2O)c1. The minimum Gasteiger partial charge on any atom is -0.508 e. The summed E-state index contributed by atoms with van der Waals surface area (Å²) in [5, 5.41) is 28.6. The Morgan fingerprint density at radius 2 is 1.68 bits per heavy atom. The van der Waals surface area contributed by atoms with Crippen molar-refractivity contribution in [2.45, 2.75) is 6.42 Å². The summed E-state index contributed by atoms with van der Waals surface area (Å²) in [5.41, 5.74) is 14.3. The van der Waals surface area contributed by atoms with E-state index in [1.807, 2.05) is 0 Å². The van der Waals surface area contributed by atoms with Crippen molar-refractivity contribution in [2.75, 3.05) is 18.1 Å². The molecule has 0 atom stereocenters. The van der Waals surface area contributed by atoms with Crippen LogP contribution < -0.4 is 11.5 Å². The lowest BCUT2D eigenvalue weighted by Gasteiger charge is -2.14. The Morgan fingerprint density at radius 1 is 0.947 bits per heavy atom. The van der Waals surface area contributed by atoms with Crippen LogP contribution in [0.2, 0.25) is 0 Å². The van der Waals surface area contributed by atoms with Gasteiger partial charge in [0.15, 0.2) is 0 Å². The van der Waals surface area contributed by atoms with E-state index < -0.39 is 0 Å². The Morgan fingerprint density at radius 3 is 2.37 bits per heavy atom. The van der Waals surface area contributed by atoms with Crippen molar-refractivity contribution in [3.05, 3.63) is 35.9 Å². The number of benzene rings is 2. The van der Waals surface area contributed by atoms with E-state index in [0.717, 1.165) is 0 Å². The van der Waals surface area contributed by atoms with Crippen LogP contribution >= 0.6 is 0 Å². The van der Waals surface area contributed by atoms with Gasteiger partial charge in [-0.1, -0.05) is 0 Å². The molecule has 100 valence electrons. The van der Waals surface area contributed by atoms with Gasteiger partial charge in [0.05, 0.1) is 0 Å². The van der Waals surface area contributed by atoms with E-state index in [9.17, 15) is 10.2 Å². The van der Waals surface area contributed by atoms with E-state index >= 15 is 0 Å². The van der Waals surface area contributed by atoms with Crippen LogP contribution in [0.25, 0.3) is 11.1 Å². The Balaban J connectivity index is 2.69. The molecule has 0 unspecified atom stereocenters. The molecule has 2 rings (SSSR count). The van der Waals surface area contributed by atoms with Crippen molar-refractivity contribution in [3.63, 3.8) is 0 Å². The van der Waals surface area contributed by atoms with Gasteiger partial charge in [-0.25, -0.2) is 0 Å². The molecule has 0 amide bonds. The largest absolute Gasteiger partial charge is 0.508 e. The summed E-state index contributed by atoms with van der Waals surface area (Å²) in [6.45, 7) is -0.0688. The molecule has 7 N–H and O–H groups in total. The maximum Gasteiger partial charge on any atom is 0.123 e. The molecule has 19 heavy (non-hydrogen) atoms. The van der Waals surface area contributed by atoms with Gasteiger partial charge in [0.25, 0.3) is 0 Å². The second kappa shape index (κ2) is 5.07. The predicted octanol–water partition coefficient (Wildman–Crippen LogP) is 1.46. The van der Waals surface area contributed by atoms with Crippen molar-refractivity contribution in [2.24, 2.45) is 0 Å². The minimum absolute atomic E-state index is 0.0157. The third-order valence-corrected chi connectivity index (χ3v) is 2.94. The molecular formula is C14H16N2O3. The smallest absolute Gasteiger partial charge is 0.123 e. The molecule has 0 spiro atoms. The molecule has 0 saturated carbocycles. The van der Waals surface area contributed by atoms with Crippen molar-refractivity contribution in [3.8, 4) is 22.6 Å². The normalized spacial score (nSPS) is 10.6. The Kier molecular flexibility index (Phi) is 3.48. The summed E-state index contributed by atoms with van der Waals surface area (Å²) in [5.74, 6) is 0.0470. The summed E-state index contributed by atoms with van der Waals surface area (Å²) in [6.07, 6.45) is 0.344. The molecule has 0 radical (unpaired) electrons. The number of hydrogen-bond acceptors (Lipinski definition) is 5. The third kappa shape index (κ3) is 2.56. The van der Waals surface area contributed by atoms with Crippen LogP contribution in [0.3, 0.4) is 0 Å². The summed E-state index contributed by atoms with van der Waals surface area (Å²) in [6, 6.07) is 7.49. The lowest BCUT2D eigenvalue weighted by molar-refractivity contribution is 0.300. The summed E-state index contributed by atoms with van der Waals surface area (Å²) in [4.78, 5) is 0. The second-order valence-corrected chi connectivity index (χ2v) is 4.31. The topological polar surface area (TPSA) is 113 Å². The molecule has 0 aromatic heterocycles. The fourth-order valence-electron chi connectivity index (χ4n) is 2.09. The van der Waals surface area contributed by atoms with Gasteiger partial charge >= 0.3 is 0 Å². The first-order valence-corrected chi connectivity index (χ1v) is 5.84. The molecule has 0 aliphatic heterocycles. The van der Waals surface area contributed by atoms with Gasteiger partial charge in [0.2, 0.25) is 0 Å². The lowest BCUT2D eigenvalue weighted by Crippen LogP contribution is -2.02. The van der Waals surface area contributed by atoms with Crippen molar-refractivity contribution in [1.82, 2.24) is 0 Å². The number of nitrogen functional groups attached to an aromatic ring is 2. The van der Waals surface area contributed by atoms with Gasteiger partial charge in [-0.15, -0.1) is 0 Å². The van der Waals surface area contributed by atoms with Gasteiger partial charge in [-0.3, -0.25) is 0 Å². The molecular weight excluding hydrogens is 244 g/mol. The van der Waals surface area contributed by atoms with Crippen molar-refractivity contribution in [1.29, 1.82) is 0 Å². The quantitative estimate of drug-likeness (QED) is 0.423. The number of hydrogen-bond donors (Lipinski definition) is 5. The minimum atomic E-state index is -0.0688. The van der Waals surface area contributed by atoms with Crippen LogP contribution in [0.1, 0.15) is 5.56 Å². The maximum atomic E-state index is 9.91. The van der Waals surface area contributed by atoms with Crippen LogP contribution in [0.4, 0.5) is 11.4 Å². The van der Waals surface area contributed by atoms with Gasteiger partial charge in [-0.2, -0.15) is 0 Å². The van der Waals surface area contributed by atoms with Crippen LogP contribution in [0, 0.1) is 0 Å². The van der Waals surface area contributed by atoms with Crippen LogP contribution in [0.15, 0.2) is 30.3 Å². The third-order valence-electron chi connectivity index (χ3n) is 2.94. The first-order valence-electron chi connectivity index (χ1n) is 5.84. The first kappa shape index (κ1) is 13.0. The molecule has 0 aliphatic carbocycles. The Bertz CT molecular complexity index is 612. The standard InChI is InChI=1S/C14H16N2O3/c15-8-5-11(10(3-4-17)13(16)6-8)12-7-9(18)1-2-14(12)19/h1-2,5-7,17-19H,3-4,15-16H2. The zero-order valence-corrected chi connectivity index (χ0v) is 10.3. The van der Waals surface area contributed by atoms with Gasteiger partial charge in [-0.05, 0) is 47.9 Å². The summed E-state index contributed by atoms with van der Waals surface area (Å²) >= 11 is 0. The van der Waals surface area contributed by atoms with Gasteiger partial charge < -0.3 is 26.8 Å². The van der Waals surface area contributed by atoms with E-state index in [4.69, 9.17) is 16.6 Å². The second-order valence-electron chi connectivity index (χ2n) is 4.31. The number of anilines is 2. The number of nitrogens with two attached hydrogens (primary N) is 2. The average Bonchev–Trinajstić information content (AvgIpc) is 2.35. The number of aliphatic hydroxyl groups excluding tert-OH is 1. The molecule has 0 saturated heterocycles. The molecule has 0 aliphatic rings. The Hall–Kier alpha value is -2.40. The molecule has 2 aromatic carbocycles. The van der Waals surface area contributed by atoms with Crippen LogP contribution in [0.5, 0.6) is 11.5 Å². The van der Waals surface area contributed by atoms with Gasteiger partial charge in [0, 0.05) is 23.5 Å². The maximum absolute atomic E-state index is 9.91. The summed E-state index contributed by atoms with van der Waals surface area (Å²) in [7, 11) is 0. The lowest BCUT2D eigenvalue weighted by atomic mass is 9.94. The number of phenols is 2. The van der Waals surface area contributed by atoms with E-state index in [1.165, 1.54) is 18.2 Å². The van der Waals surface area contributed by atoms with Gasteiger partial charge in [0.1, 0.15) is 11.5 Å². The van der Waals surface area contributed by atoms with Crippen molar-refractivity contribution >= 4 is 11.4 Å². The molecule has 5 nitrogen and oxygen atoms in total. The number of aromatic hydroxyl groups is 2. The molecule has 0 fully saturated rings. The van der Waals surface area contributed by atoms with Crippen LogP contribution in [-0.2, 0) is 6.42 Å². The number of phenolic OH excluding ortho intramolecular Hbond substituents is 2. The highest BCUT2D eigenvalue weighted by molar-refractivity contribution is 5.81. The number of rotatable bonds is 3. The summed E-state index contributed by atoms with van der Waals surface area (Å²) < 4.78 is 0. The predicted molar refractivity (Wildman–Crippen MR) is 74.8 cm³/mol. The molecule has 5 heteroatoms. The number of aliphatic hydroxyl groups is 1. The zero-order chi connectivity index (χ0) is 14.0. The van der Waals surface area contributed by atoms with E-state index in [0.29, 0.717) is 34.5 Å². The monoisotopic (exact) mass is 260 g/mol. The highest BCUT2D eigenvalue weighted by Gasteiger charge is 2.13. The highest BCUT2D eigenvalue weighted by Crippen LogP contribution is 2.37. The van der Waals surface area contributed by atoms with E-state index in [2.05, 4.69) is 0 Å². The zero-order valence-electron chi connectivity index (χ0n) is 10.3. The highest BCUT2D eigenvalue weighted by atomic mass is 16.3. The van der Waals surface area contributed by atoms with Crippen LogP contribution in [-0.4, -0.2) is 21.9 Å². The average molecular weight is 260 g/mol. The fraction of sp³-hybridized carbons (Fsp3) is 0.143. The molecule has 0 bridgehead atoms. The fourth-order valence-corrected chi connectivity index (χ4v) is 2.09. The van der Waals surface area contributed by atoms with E-state index in [-0.39, 0.29) is 18.1 Å². The van der Waals surface area contributed by atoms with Crippen molar-refractivity contribution < 1.29 is 15.3 Å².